The van der Waals surface area contributed by atoms with Gasteiger partial charge in [-0.3, -0.25) is 9.78 Å². The number of aryl methyl sites for hydroxylation is 1. The highest BCUT2D eigenvalue weighted by atomic mass is 19.1. The normalized spacial score (nSPS) is 18.5. The molecule has 0 aliphatic heterocycles. The van der Waals surface area contributed by atoms with Crippen molar-refractivity contribution in [3.8, 4) is 11.1 Å². The molecule has 31 heavy (non-hydrogen) atoms. The summed E-state index contributed by atoms with van der Waals surface area (Å²) in [6, 6.07) is 4.60. The van der Waals surface area contributed by atoms with Crippen LogP contribution in [0.4, 0.5) is 21.7 Å². The SMILES string of the molecule is Cc1ncc(Nc2nc(N[C@@H]3CCCC[C@@H]3N)c(F)cc2C(N)=O)cc1-c1ccoc1. The highest BCUT2D eigenvalue weighted by molar-refractivity contribution is 5.98. The monoisotopic (exact) mass is 424 g/mol. The number of aromatic nitrogens is 2. The van der Waals surface area contributed by atoms with E-state index in [2.05, 4.69) is 20.6 Å². The van der Waals surface area contributed by atoms with Crippen LogP contribution >= 0.6 is 0 Å². The Labute approximate surface area is 179 Å². The summed E-state index contributed by atoms with van der Waals surface area (Å²) < 4.78 is 19.9. The zero-order valence-corrected chi connectivity index (χ0v) is 17.2. The molecule has 1 aliphatic rings. The summed E-state index contributed by atoms with van der Waals surface area (Å²) in [4.78, 5) is 20.7. The van der Waals surface area contributed by atoms with E-state index in [1.807, 2.05) is 19.1 Å². The van der Waals surface area contributed by atoms with Crippen molar-refractivity contribution in [2.24, 2.45) is 11.5 Å². The van der Waals surface area contributed by atoms with Gasteiger partial charge in [0.1, 0.15) is 5.82 Å². The molecule has 0 spiro atoms. The zero-order chi connectivity index (χ0) is 22.0. The van der Waals surface area contributed by atoms with Gasteiger partial charge in [-0.05, 0) is 38.0 Å². The van der Waals surface area contributed by atoms with Crippen molar-refractivity contribution >= 4 is 23.2 Å². The average Bonchev–Trinajstić information content (AvgIpc) is 3.27. The van der Waals surface area contributed by atoms with E-state index in [1.165, 1.54) is 0 Å². The molecular formula is C22H25FN6O2. The fourth-order valence-electron chi connectivity index (χ4n) is 3.84. The van der Waals surface area contributed by atoms with Crippen LogP contribution in [0.3, 0.4) is 0 Å². The van der Waals surface area contributed by atoms with Gasteiger partial charge in [-0.1, -0.05) is 12.8 Å². The predicted octanol–water partition coefficient (Wildman–Crippen LogP) is 3.71. The van der Waals surface area contributed by atoms with E-state index < -0.39 is 11.7 Å². The average molecular weight is 424 g/mol. The Kier molecular flexibility index (Phi) is 5.85. The Morgan fingerprint density at radius 2 is 2.06 bits per heavy atom. The minimum absolute atomic E-state index is 0.0324. The van der Waals surface area contributed by atoms with Crippen molar-refractivity contribution in [2.45, 2.75) is 44.7 Å². The van der Waals surface area contributed by atoms with Crippen LogP contribution in [-0.2, 0) is 0 Å². The van der Waals surface area contributed by atoms with E-state index in [9.17, 15) is 9.18 Å². The Morgan fingerprint density at radius 1 is 1.26 bits per heavy atom. The van der Waals surface area contributed by atoms with Crippen molar-refractivity contribution in [3.63, 3.8) is 0 Å². The number of amides is 1. The molecule has 0 aromatic carbocycles. The molecule has 1 aliphatic carbocycles. The summed E-state index contributed by atoms with van der Waals surface area (Å²) in [6.07, 6.45) is 8.59. The Hall–Kier alpha value is -3.46. The van der Waals surface area contributed by atoms with E-state index >= 15 is 0 Å². The maximum atomic E-state index is 14.7. The number of rotatable bonds is 6. The second-order valence-corrected chi connectivity index (χ2v) is 7.77. The number of nitrogens with two attached hydrogens (primary N) is 2. The van der Waals surface area contributed by atoms with E-state index in [0.29, 0.717) is 5.69 Å². The van der Waals surface area contributed by atoms with Crippen molar-refractivity contribution in [1.82, 2.24) is 9.97 Å². The molecule has 3 heterocycles. The quantitative estimate of drug-likeness (QED) is 0.474. The molecule has 1 saturated carbocycles. The third kappa shape index (κ3) is 4.51. The van der Waals surface area contributed by atoms with E-state index in [0.717, 1.165) is 48.6 Å². The zero-order valence-electron chi connectivity index (χ0n) is 17.2. The van der Waals surface area contributed by atoms with Gasteiger partial charge in [-0.15, -0.1) is 0 Å². The first-order valence-corrected chi connectivity index (χ1v) is 10.2. The Bertz CT molecular complexity index is 1090. The number of furan rings is 1. The molecule has 2 atom stereocenters. The lowest BCUT2D eigenvalue weighted by Gasteiger charge is -2.30. The third-order valence-electron chi connectivity index (χ3n) is 5.56. The summed E-state index contributed by atoms with van der Waals surface area (Å²) in [6.45, 7) is 1.88. The van der Waals surface area contributed by atoms with Gasteiger partial charge in [-0.2, -0.15) is 0 Å². The lowest BCUT2D eigenvalue weighted by atomic mass is 9.91. The fraction of sp³-hybridized carbons (Fsp3) is 0.318. The van der Waals surface area contributed by atoms with Crippen molar-refractivity contribution in [3.05, 3.63) is 54.0 Å². The van der Waals surface area contributed by atoms with Crippen LogP contribution in [0.1, 0.15) is 41.7 Å². The topological polar surface area (TPSA) is 132 Å². The molecule has 0 unspecified atom stereocenters. The van der Waals surface area contributed by atoms with Gasteiger partial charge in [0.05, 0.1) is 30.0 Å². The van der Waals surface area contributed by atoms with Gasteiger partial charge in [0.2, 0.25) is 0 Å². The second-order valence-electron chi connectivity index (χ2n) is 7.77. The van der Waals surface area contributed by atoms with Crippen LogP contribution < -0.4 is 22.1 Å². The number of nitrogens with one attached hydrogen (secondary N) is 2. The Balaban J connectivity index is 1.67. The van der Waals surface area contributed by atoms with Crippen LogP contribution in [0.15, 0.2) is 41.3 Å². The molecular weight excluding hydrogens is 399 g/mol. The van der Waals surface area contributed by atoms with E-state index in [1.54, 1.807) is 18.7 Å². The standard InChI is InChI=1S/C22H25FN6O2/c1-12-15(13-6-7-31-11-13)8-14(10-26-12)27-21-16(20(25)30)9-17(23)22(29-21)28-19-5-3-2-4-18(19)24/h6-11,18-19H,2-5,24H2,1H3,(H2,25,30)(H2,27,28,29)/t18-,19+/m0/s1. The van der Waals surface area contributed by atoms with Gasteiger partial charge in [0, 0.05) is 28.9 Å². The first-order valence-electron chi connectivity index (χ1n) is 10.2. The van der Waals surface area contributed by atoms with Gasteiger partial charge in [0.25, 0.3) is 5.91 Å². The molecule has 3 aromatic rings. The summed E-state index contributed by atoms with van der Waals surface area (Å²) in [7, 11) is 0. The van der Waals surface area contributed by atoms with Crippen LogP contribution in [0.2, 0.25) is 0 Å². The van der Waals surface area contributed by atoms with Crippen LogP contribution in [-0.4, -0.2) is 28.0 Å². The molecule has 3 aromatic heterocycles. The molecule has 0 saturated heterocycles. The van der Waals surface area contributed by atoms with E-state index in [-0.39, 0.29) is 29.3 Å². The summed E-state index contributed by atoms with van der Waals surface area (Å²) >= 11 is 0. The largest absolute Gasteiger partial charge is 0.472 e. The summed E-state index contributed by atoms with van der Waals surface area (Å²) in [5.74, 6) is -1.27. The van der Waals surface area contributed by atoms with Crippen molar-refractivity contribution < 1.29 is 13.6 Å². The van der Waals surface area contributed by atoms with Crippen LogP contribution in [0.5, 0.6) is 0 Å². The molecule has 162 valence electrons. The summed E-state index contributed by atoms with van der Waals surface area (Å²) in [5.41, 5.74) is 14.7. The molecule has 0 bridgehead atoms. The maximum Gasteiger partial charge on any atom is 0.252 e. The lowest BCUT2D eigenvalue weighted by Crippen LogP contribution is -2.43. The second kappa shape index (κ2) is 8.73. The van der Waals surface area contributed by atoms with Gasteiger partial charge < -0.3 is 26.5 Å². The molecule has 6 N–H and O–H groups in total. The van der Waals surface area contributed by atoms with Crippen LogP contribution in [0, 0.1) is 12.7 Å². The predicted molar refractivity (Wildman–Crippen MR) is 117 cm³/mol. The smallest absolute Gasteiger partial charge is 0.252 e. The highest BCUT2D eigenvalue weighted by Gasteiger charge is 2.24. The number of hydrogen-bond acceptors (Lipinski definition) is 7. The Morgan fingerprint density at radius 3 is 2.77 bits per heavy atom. The number of halogens is 1. The first-order chi connectivity index (χ1) is 14.9. The number of hydrogen-bond donors (Lipinski definition) is 4. The molecule has 1 fully saturated rings. The van der Waals surface area contributed by atoms with Gasteiger partial charge in [-0.25, -0.2) is 9.37 Å². The minimum Gasteiger partial charge on any atom is -0.472 e. The maximum absolute atomic E-state index is 14.7. The highest BCUT2D eigenvalue weighted by Crippen LogP contribution is 2.29. The number of anilines is 3. The molecule has 4 rings (SSSR count). The molecule has 8 nitrogen and oxygen atoms in total. The number of nitrogens with zero attached hydrogens (tertiary/aromatic N) is 2. The molecule has 0 radical (unpaired) electrons. The lowest BCUT2D eigenvalue weighted by molar-refractivity contribution is 0.100. The summed E-state index contributed by atoms with van der Waals surface area (Å²) in [5, 5.41) is 6.16. The molecule has 9 heteroatoms. The first kappa shape index (κ1) is 20.8. The minimum atomic E-state index is -0.787. The van der Waals surface area contributed by atoms with Crippen LogP contribution in [0.25, 0.3) is 11.1 Å². The third-order valence-corrected chi connectivity index (χ3v) is 5.56. The van der Waals surface area contributed by atoms with Crippen molar-refractivity contribution in [2.75, 3.05) is 10.6 Å². The number of carbonyl (C=O) groups is 1. The fourth-order valence-corrected chi connectivity index (χ4v) is 3.84. The van der Waals surface area contributed by atoms with E-state index in [4.69, 9.17) is 15.9 Å². The van der Waals surface area contributed by atoms with Crippen molar-refractivity contribution in [1.29, 1.82) is 0 Å². The van der Waals surface area contributed by atoms with Gasteiger partial charge >= 0.3 is 0 Å². The van der Waals surface area contributed by atoms with Gasteiger partial charge in [0.15, 0.2) is 11.6 Å². The number of carbonyl (C=O) groups excluding carboxylic acids is 1. The molecule has 1 amide bonds. The number of primary amides is 1. The number of pyridine rings is 2.